The second-order valence-electron chi connectivity index (χ2n) is 3.32. The second-order valence-corrected chi connectivity index (χ2v) is 4.22. The first kappa shape index (κ1) is 9.27. The Kier molecular flexibility index (Phi) is 2.54. The van der Waals surface area contributed by atoms with Crippen molar-refractivity contribution in [2.45, 2.75) is 19.8 Å². The topological polar surface area (TPSA) is 38.7 Å². The molecule has 0 spiro atoms. The lowest BCUT2D eigenvalue weighted by Gasteiger charge is -2.02. The highest BCUT2D eigenvalue weighted by atomic mass is 32.1. The molecule has 0 N–H and O–H groups in total. The van der Waals surface area contributed by atoms with E-state index in [1.807, 2.05) is 17.8 Å². The molecule has 72 valence electrons. The number of rotatable bonds is 2. The maximum absolute atomic E-state index is 4.29. The Morgan fingerprint density at radius 2 is 1.86 bits per heavy atom. The molecular weight excluding hydrogens is 194 g/mol. The summed E-state index contributed by atoms with van der Waals surface area (Å²) < 4.78 is 0. The van der Waals surface area contributed by atoms with Crippen LogP contribution in [0.25, 0.3) is 10.6 Å². The van der Waals surface area contributed by atoms with E-state index in [1.54, 1.807) is 17.5 Å². The van der Waals surface area contributed by atoms with Gasteiger partial charge < -0.3 is 0 Å². The van der Waals surface area contributed by atoms with Crippen LogP contribution in [-0.4, -0.2) is 15.0 Å². The molecular formula is C10H11N3S. The molecule has 0 saturated heterocycles. The van der Waals surface area contributed by atoms with Gasteiger partial charge in [0.2, 0.25) is 0 Å². The lowest BCUT2D eigenvalue weighted by Crippen LogP contribution is -1.96. The number of nitrogens with zero attached hydrogens (tertiary/aromatic N) is 3. The van der Waals surface area contributed by atoms with Crippen LogP contribution in [0.2, 0.25) is 0 Å². The molecule has 2 aromatic heterocycles. The van der Waals surface area contributed by atoms with Gasteiger partial charge in [-0.2, -0.15) is 0 Å². The monoisotopic (exact) mass is 205 g/mol. The predicted molar refractivity (Wildman–Crippen MR) is 57.2 cm³/mol. The molecule has 0 radical (unpaired) electrons. The van der Waals surface area contributed by atoms with Gasteiger partial charge in [-0.15, -0.1) is 11.3 Å². The minimum atomic E-state index is 0.375. The van der Waals surface area contributed by atoms with Gasteiger partial charge in [-0.05, 0) is 0 Å². The fraction of sp³-hybridized carbons (Fsp3) is 0.300. The molecule has 0 aromatic carbocycles. The molecule has 0 aliphatic rings. The van der Waals surface area contributed by atoms with Crippen LogP contribution in [0.5, 0.6) is 0 Å². The Morgan fingerprint density at radius 3 is 2.36 bits per heavy atom. The van der Waals surface area contributed by atoms with Crippen LogP contribution in [0.4, 0.5) is 0 Å². The Morgan fingerprint density at radius 1 is 1.14 bits per heavy atom. The predicted octanol–water partition coefficient (Wildman–Crippen LogP) is 2.72. The smallest absolute Gasteiger partial charge is 0.130 e. The van der Waals surface area contributed by atoms with Gasteiger partial charge in [0.15, 0.2) is 0 Å². The highest BCUT2D eigenvalue weighted by molar-refractivity contribution is 7.13. The first-order valence-electron chi connectivity index (χ1n) is 4.49. The van der Waals surface area contributed by atoms with Gasteiger partial charge in [-0.25, -0.2) is 15.0 Å². The summed E-state index contributed by atoms with van der Waals surface area (Å²) in [6, 6.07) is 0. The maximum Gasteiger partial charge on any atom is 0.130 e. The van der Waals surface area contributed by atoms with Crippen LogP contribution in [0.3, 0.4) is 0 Å². The third kappa shape index (κ3) is 1.80. The summed E-state index contributed by atoms with van der Waals surface area (Å²) >= 11 is 1.60. The van der Waals surface area contributed by atoms with Gasteiger partial charge in [0.25, 0.3) is 0 Å². The quantitative estimate of drug-likeness (QED) is 0.756. The molecule has 0 saturated carbocycles. The average Bonchev–Trinajstić information content (AvgIpc) is 2.71. The number of aromatic nitrogens is 3. The Bertz CT molecular complexity index is 392. The summed E-state index contributed by atoms with van der Waals surface area (Å²) in [6.45, 7) is 4.16. The third-order valence-electron chi connectivity index (χ3n) is 1.87. The number of hydrogen-bond donors (Lipinski definition) is 0. The van der Waals surface area contributed by atoms with E-state index in [4.69, 9.17) is 0 Å². The summed E-state index contributed by atoms with van der Waals surface area (Å²) in [7, 11) is 0. The van der Waals surface area contributed by atoms with Gasteiger partial charge in [0.05, 0.1) is 0 Å². The zero-order valence-corrected chi connectivity index (χ0v) is 8.95. The van der Waals surface area contributed by atoms with Crippen LogP contribution in [-0.2, 0) is 0 Å². The maximum atomic E-state index is 4.29. The van der Waals surface area contributed by atoms with E-state index in [2.05, 4.69) is 28.8 Å². The summed E-state index contributed by atoms with van der Waals surface area (Å²) in [5.41, 5.74) is 0.990. The van der Waals surface area contributed by atoms with E-state index in [9.17, 15) is 0 Å². The summed E-state index contributed by atoms with van der Waals surface area (Å²) in [5.74, 6) is 1.26. The zero-order valence-electron chi connectivity index (χ0n) is 8.14. The molecule has 0 unspecified atom stereocenters. The van der Waals surface area contributed by atoms with Crippen molar-refractivity contribution in [2.75, 3.05) is 0 Å². The van der Waals surface area contributed by atoms with Gasteiger partial charge in [0.1, 0.15) is 10.8 Å². The fourth-order valence-corrected chi connectivity index (χ4v) is 1.73. The lowest BCUT2D eigenvalue weighted by atomic mass is 10.2. The van der Waals surface area contributed by atoms with Crippen molar-refractivity contribution in [3.05, 3.63) is 29.8 Å². The van der Waals surface area contributed by atoms with Crippen LogP contribution in [0.1, 0.15) is 25.6 Å². The number of thiazole rings is 1. The minimum Gasteiger partial charge on any atom is -0.244 e. The molecule has 3 nitrogen and oxygen atoms in total. The van der Waals surface area contributed by atoms with Crippen LogP contribution in [0, 0.1) is 0 Å². The van der Waals surface area contributed by atoms with Crippen LogP contribution < -0.4 is 0 Å². The fourth-order valence-electron chi connectivity index (χ4n) is 1.11. The van der Waals surface area contributed by atoms with E-state index in [0.717, 1.165) is 16.4 Å². The Hall–Kier alpha value is -1.29. The van der Waals surface area contributed by atoms with Crippen molar-refractivity contribution >= 4 is 11.3 Å². The van der Waals surface area contributed by atoms with Gasteiger partial charge in [-0.1, -0.05) is 13.8 Å². The second kappa shape index (κ2) is 3.84. The van der Waals surface area contributed by atoms with E-state index >= 15 is 0 Å². The summed E-state index contributed by atoms with van der Waals surface area (Å²) in [6.07, 6.45) is 5.46. The first-order chi connectivity index (χ1) is 6.77. The largest absolute Gasteiger partial charge is 0.244 e. The van der Waals surface area contributed by atoms with E-state index in [1.165, 1.54) is 0 Å². The zero-order chi connectivity index (χ0) is 9.97. The Labute approximate surface area is 86.9 Å². The standard InChI is InChI=1S/C10H11N3S/c1-7(2)9-12-5-8(6-13-9)10-11-3-4-14-10/h3-7H,1-2H3. The molecule has 0 amide bonds. The molecule has 0 fully saturated rings. The van der Waals surface area contributed by atoms with Crippen molar-refractivity contribution < 1.29 is 0 Å². The highest BCUT2D eigenvalue weighted by Crippen LogP contribution is 2.20. The molecule has 4 heteroatoms. The Balaban J connectivity index is 2.31. The van der Waals surface area contributed by atoms with Crippen molar-refractivity contribution in [3.63, 3.8) is 0 Å². The summed E-state index contributed by atoms with van der Waals surface area (Å²) in [5, 5.41) is 2.92. The van der Waals surface area contributed by atoms with Gasteiger partial charge in [-0.3, -0.25) is 0 Å². The van der Waals surface area contributed by atoms with E-state index in [0.29, 0.717) is 5.92 Å². The first-order valence-corrected chi connectivity index (χ1v) is 5.37. The van der Waals surface area contributed by atoms with Crippen molar-refractivity contribution in [3.8, 4) is 10.6 Å². The van der Waals surface area contributed by atoms with Gasteiger partial charge in [0, 0.05) is 35.5 Å². The molecule has 0 aliphatic carbocycles. The van der Waals surface area contributed by atoms with Crippen molar-refractivity contribution in [1.82, 2.24) is 15.0 Å². The van der Waals surface area contributed by atoms with Crippen LogP contribution >= 0.6 is 11.3 Å². The third-order valence-corrected chi connectivity index (χ3v) is 2.69. The van der Waals surface area contributed by atoms with E-state index < -0.39 is 0 Å². The molecule has 0 bridgehead atoms. The normalized spacial score (nSPS) is 10.8. The van der Waals surface area contributed by atoms with Crippen LogP contribution in [0.15, 0.2) is 24.0 Å². The average molecular weight is 205 g/mol. The highest BCUT2D eigenvalue weighted by Gasteiger charge is 2.04. The molecule has 2 rings (SSSR count). The molecule has 2 heterocycles. The molecule has 14 heavy (non-hydrogen) atoms. The van der Waals surface area contributed by atoms with Crippen molar-refractivity contribution in [1.29, 1.82) is 0 Å². The number of hydrogen-bond acceptors (Lipinski definition) is 4. The summed E-state index contributed by atoms with van der Waals surface area (Å²) in [4.78, 5) is 12.8. The van der Waals surface area contributed by atoms with Crippen molar-refractivity contribution in [2.24, 2.45) is 0 Å². The van der Waals surface area contributed by atoms with Gasteiger partial charge >= 0.3 is 0 Å². The molecule has 2 aromatic rings. The van der Waals surface area contributed by atoms with E-state index in [-0.39, 0.29) is 0 Å². The lowest BCUT2D eigenvalue weighted by molar-refractivity contribution is 0.774. The SMILES string of the molecule is CC(C)c1ncc(-c2nccs2)cn1. The molecule has 0 atom stereocenters. The molecule has 0 aliphatic heterocycles. The minimum absolute atomic E-state index is 0.375.